The highest BCUT2D eigenvalue weighted by atomic mass is 28.4. The Bertz CT molecular complexity index is 2610. The Hall–Kier alpha value is -1.24. The lowest BCUT2D eigenvalue weighted by atomic mass is 9.41. The Morgan fingerprint density at radius 1 is 0.563 bits per heavy atom. The molecule has 14 fully saturated rings. The van der Waals surface area contributed by atoms with E-state index >= 15 is 0 Å². The van der Waals surface area contributed by atoms with Crippen LogP contribution in [-0.4, -0.2) is 104 Å². The van der Waals surface area contributed by atoms with Crippen molar-refractivity contribution in [3.05, 3.63) is 0 Å². The first kappa shape index (κ1) is 64.5. The van der Waals surface area contributed by atoms with Crippen LogP contribution >= 0.6 is 0 Å². The normalized spacial score (nSPS) is 51.7. The molecule has 1 amide bonds. The molecule has 10 nitrogen and oxygen atoms in total. The summed E-state index contributed by atoms with van der Waals surface area (Å²) in [6, 6.07) is 3.55. The van der Waals surface area contributed by atoms with Gasteiger partial charge in [0.2, 0.25) is 0 Å². The molecule has 11 aliphatic carbocycles. The van der Waals surface area contributed by atoms with Crippen molar-refractivity contribution in [1.29, 1.82) is 0 Å². The minimum Gasteiger partial charge on any atom is -0.459 e. The number of aliphatic hydroxyl groups excluding tert-OH is 2. The fraction of sp³-hybridized carbons (Fsp3) is 0.974. The highest BCUT2D eigenvalue weighted by molar-refractivity contribution is 6.73. The zero-order valence-corrected chi connectivity index (χ0v) is 59.5. The average molecular weight is 1230 g/mol. The fourth-order valence-corrected chi connectivity index (χ4v) is 30.5. The Kier molecular flexibility index (Phi) is 15.8. The van der Waals surface area contributed by atoms with Gasteiger partial charge in [-0.3, -0.25) is 4.79 Å². The van der Waals surface area contributed by atoms with E-state index in [1.165, 1.54) is 82.3 Å². The van der Waals surface area contributed by atoms with Crippen molar-refractivity contribution in [1.82, 2.24) is 4.90 Å². The monoisotopic (exact) mass is 1230 g/mol. The third-order valence-corrected chi connectivity index (χ3v) is 38.2. The summed E-state index contributed by atoms with van der Waals surface area (Å²) >= 11 is 0. The molecule has 87 heavy (non-hydrogen) atoms. The number of esters is 1. The highest BCUT2D eigenvalue weighted by Crippen LogP contribution is 2.91. The number of carbonyl (C=O) groups is 2. The zero-order valence-electron chi connectivity index (χ0n) is 58.5. The summed E-state index contributed by atoms with van der Waals surface area (Å²) in [6.45, 7) is 45.2. The largest absolute Gasteiger partial charge is 0.459 e. The van der Waals surface area contributed by atoms with Crippen molar-refractivity contribution in [3.63, 3.8) is 0 Å². The van der Waals surface area contributed by atoms with Crippen LogP contribution in [0.3, 0.4) is 0 Å². The topological polar surface area (TPSA) is 124 Å². The molecule has 0 radical (unpaired) electrons. The van der Waals surface area contributed by atoms with Gasteiger partial charge in [0, 0.05) is 23.9 Å². The van der Waals surface area contributed by atoms with Crippen LogP contribution < -0.4 is 0 Å². The third-order valence-electron chi connectivity index (χ3n) is 33.5. The number of aliphatic hydroxyl groups is 2. The van der Waals surface area contributed by atoms with Gasteiger partial charge in [-0.25, -0.2) is 4.79 Å². The van der Waals surface area contributed by atoms with Crippen molar-refractivity contribution in [2.45, 2.75) is 326 Å². The summed E-state index contributed by atoms with van der Waals surface area (Å²) in [5.74, 6) is 5.75. The van der Waals surface area contributed by atoms with E-state index in [9.17, 15) is 19.8 Å². The number of carbonyl (C=O) groups excluding carboxylic acids is 2. The van der Waals surface area contributed by atoms with E-state index in [4.69, 9.17) is 23.4 Å². The molecule has 0 aromatic carbocycles. The van der Waals surface area contributed by atoms with Gasteiger partial charge in [0.25, 0.3) is 0 Å². The fourth-order valence-electron chi connectivity index (χ4n) is 27.5. The molecule has 26 atom stereocenters. The van der Waals surface area contributed by atoms with Gasteiger partial charge in [-0.05, 0) is 249 Å². The number of hydrogen-bond acceptors (Lipinski definition) is 9. The van der Waals surface area contributed by atoms with Crippen molar-refractivity contribution >= 4 is 20.4 Å². The summed E-state index contributed by atoms with van der Waals surface area (Å²) in [5, 5.41) is 23.4. The second kappa shape index (κ2) is 21.4. The average Bonchev–Trinajstić information content (AvgIpc) is 1.47. The predicted octanol–water partition coefficient (Wildman–Crippen LogP) is 16.9. The Labute approximate surface area is 530 Å². The second-order valence-corrected chi connectivity index (χ2v) is 41.8. The van der Waals surface area contributed by atoms with E-state index in [2.05, 4.69) is 125 Å². The van der Waals surface area contributed by atoms with Gasteiger partial charge in [0.1, 0.15) is 12.2 Å². The van der Waals surface area contributed by atoms with Crippen LogP contribution in [0.25, 0.3) is 0 Å². The molecule has 0 aromatic heterocycles. The Morgan fingerprint density at radius 2 is 1.03 bits per heavy atom. The van der Waals surface area contributed by atoms with Gasteiger partial charge in [-0.2, -0.15) is 0 Å². The Morgan fingerprint density at radius 3 is 1.54 bits per heavy atom. The first-order valence-corrected chi connectivity index (χ1v) is 39.9. The summed E-state index contributed by atoms with van der Waals surface area (Å²) in [6.07, 6.45) is 22.4. The minimum absolute atomic E-state index is 0.0250. The van der Waals surface area contributed by atoms with Crippen LogP contribution in [0.4, 0.5) is 4.79 Å². The molecule has 2 unspecified atom stereocenters. The maximum absolute atomic E-state index is 13.2. The molecule has 0 bridgehead atoms. The molecule has 3 saturated heterocycles. The summed E-state index contributed by atoms with van der Waals surface area (Å²) in [7, 11) is -1.95. The number of ether oxygens (including phenoxy) is 4. The van der Waals surface area contributed by atoms with Gasteiger partial charge in [-0.1, -0.05) is 131 Å². The van der Waals surface area contributed by atoms with E-state index in [1.54, 1.807) is 4.90 Å². The van der Waals surface area contributed by atoms with Crippen LogP contribution in [0.2, 0.25) is 18.1 Å². The molecule has 11 heteroatoms. The predicted molar refractivity (Wildman–Crippen MR) is 347 cm³/mol. The van der Waals surface area contributed by atoms with Crippen molar-refractivity contribution in [3.8, 4) is 0 Å². The third kappa shape index (κ3) is 8.54. The van der Waals surface area contributed by atoms with Crippen LogP contribution in [0.1, 0.15) is 253 Å². The molecule has 4 spiro atoms. The molecule has 14 rings (SSSR count). The van der Waals surface area contributed by atoms with Gasteiger partial charge in [-0.15, -0.1) is 0 Å². The van der Waals surface area contributed by atoms with E-state index in [0.717, 1.165) is 89.1 Å². The quantitative estimate of drug-likeness (QED) is 0.145. The van der Waals surface area contributed by atoms with Gasteiger partial charge in [0.05, 0.1) is 48.6 Å². The lowest BCUT2D eigenvalue weighted by molar-refractivity contribution is -0.198. The van der Waals surface area contributed by atoms with Crippen LogP contribution in [0, 0.1) is 125 Å². The number of likely N-dealkylation sites (tertiary alicyclic amines) is 1. The van der Waals surface area contributed by atoms with E-state index < -0.39 is 14.4 Å². The molecule has 3 heterocycles. The van der Waals surface area contributed by atoms with E-state index in [1.807, 2.05) is 0 Å². The molecular formula is C76H127NO9Si. The maximum Gasteiger partial charge on any atom is 0.410 e. The maximum atomic E-state index is 13.2. The van der Waals surface area contributed by atoms with Crippen molar-refractivity contribution in [2.75, 3.05) is 13.1 Å². The van der Waals surface area contributed by atoms with Crippen LogP contribution in [0.5, 0.6) is 0 Å². The summed E-state index contributed by atoms with van der Waals surface area (Å²) in [5.41, 5.74) is 2.24. The standard InChI is InChI=1S/C42H72O4Si.C34H55NO5/c1-12-47(13-2,14-3)46-36-35-33(27(6)24-30(44-35)34(26(4)5)45-37(43)29-16-15-17-29)39(10)22-23-42-25-41(42)21-20-28(7)38(8,9)31(41)18-19-32(42)40(36,39)11;1-19(2)26(40-29(38)35-15-8-16-35)21-17-20(3)25-27(39-21)28(37)32(7)23-10-9-22-30(4,5)24(36)11-12-33(22)18-34(23,33)14-13-31(25,32)6/h26-36H,12-25H2,1-11H3;19-28,36-37H,8-18H2,1-7H3/t27-,28+,30-,31+,32+,33+,34?,35+,36+,39-,40-,41-,42+;20-,21-,22+,23+,24+,25+,26?,27+,28+,31-,32-,33-,34+/m11/s1. The van der Waals surface area contributed by atoms with Crippen molar-refractivity contribution < 1.29 is 43.2 Å². The summed E-state index contributed by atoms with van der Waals surface area (Å²) < 4.78 is 35.0. The molecule has 3 aliphatic heterocycles. The smallest absolute Gasteiger partial charge is 0.410 e. The first-order chi connectivity index (χ1) is 40.9. The van der Waals surface area contributed by atoms with Crippen LogP contribution in [0.15, 0.2) is 0 Å². The molecular weight excluding hydrogens is 1100 g/mol. The van der Waals surface area contributed by atoms with Crippen molar-refractivity contribution in [2.24, 2.45) is 125 Å². The number of amides is 1. The number of hydrogen-bond donors (Lipinski definition) is 2. The number of fused-ring (bicyclic) bond motifs is 8. The number of nitrogens with zero attached hydrogens (tertiary/aromatic N) is 1. The number of rotatable bonds is 12. The van der Waals surface area contributed by atoms with Crippen LogP contribution in [-0.2, 0) is 28.2 Å². The molecule has 494 valence electrons. The molecule has 2 N–H and O–H groups in total. The SMILES string of the molecule is CC(C)C(OC(=O)N1CCC1)[C@H]1C[C@@H](C)[C@H]2[C@H](O1)[C@H](O)[C@@]1(C)[C@@H]3CC[C@H]4C(C)(C)[C@@H](O)CC[C@@]45C[C@@]35CC[C@]21C.CC[Si](CC)(CC)O[C@H]1[C@H]2O[C@@H](C(OC(=O)C3CCC3)C(C)C)C[C@@H](C)[C@@H]2[C@@]2(C)CC[C@@]34C[C@@]35CC[C@H](C)C(C)(C)[C@@H]5CC[C@H]4[C@]12C. The van der Waals surface area contributed by atoms with E-state index in [-0.39, 0.29) is 106 Å². The van der Waals surface area contributed by atoms with Gasteiger partial charge < -0.3 is 38.5 Å². The van der Waals surface area contributed by atoms with E-state index in [0.29, 0.717) is 68.5 Å². The molecule has 11 saturated carbocycles. The highest BCUT2D eigenvalue weighted by Gasteiger charge is 2.87. The minimum atomic E-state index is -1.95. The lowest BCUT2D eigenvalue weighted by Gasteiger charge is -2.64. The van der Waals surface area contributed by atoms with Gasteiger partial charge >= 0.3 is 12.1 Å². The Balaban J connectivity index is 0.000000163. The molecule has 0 aromatic rings. The summed E-state index contributed by atoms with van der Waals surface area (Å²) in [4.78, 5) is 27.9. The first-order valence-electron chi connectivity index (χ1n) is 37.4. The van der Waals surface area contributed by atoms with Gasteiger partial charge in [0.15, 0.2) is 8.32 Å². The molecule has 14 aliphatic rings. The lowest BCUT2D eigenvalue weighted by Crippen LogP contribution is -2.60. The second-order valence-electron chi connectivity index (χ2n) is 37.1. The zero-order chi connectivity index (χ0) is 62.6.